The van der Waals surface area contributed by atoms with Crippen LogP contribution in [0.2, 0.25) is 19.6 Å². The molecule has 6 nitrogen and oxygen atoms in total. The van der Waals surface area contributed by atoms with Gasteiger partial charge in [0.25, 0.3) is 0 Å². The van der Waals surface area contributed by atoms with Crippen LogP contribution in [0.15, 0.2) is 36.5 Å². The lowest BCUT2D eigenvalue weighted by Gasteiger charge is -2.25. The van der Waals surface area contributed by atoms with Crippen LogP contribution in [0.1, 0.15) is 10.4 Å². The van der Waals surface area contributed by atoms with Gasteiger partial charge < -0.3 is 14.5 Å². The quantitative estimate of drug-likeness (QED) is 0.795. The van der Waals surface area contributed by atoms with Crippen molar-refractivity contribution in [2.45, 2.75) is 31.8 Å². The molecule has 1 amide bonds. The topological polar surface area (TPSA) is 63.7 Å². The Morgan fingerprint density at radius 3 is 2.89 bits per heavy atom. The summed E-state index contributed by atoms with van der Waals surface area (Å²) in [5.41, 5.74) is 3.82. The molecular formula is C19H25N3O3SSi. The maximum absolute atomic E-state index is 12.6. The van der Waals surface area contributed by atoms with Crippen LogP contribution in [-0.2, 0) is 21.7 Å². The Morgan fingerprint density at radius 1 is 1.41 bits per heavy atom. The minimum atomic E-state index is -1.47. The molecular weight excluding hydrogens is 378 g/mol. The van der Waals surface area contributed by atoms with Crippen molar-refractivity contribution in [2.75, 3.05) is 19.7 Å². The summed E-state index contributed by atoms with van der Waals surface area (Å²) in [7, 11) is -1.47. The number of hydrogen-bond acceptors (Lipinski definition) is 6. The summed E-state index contributed by atoms with van der Waals surface area (Å²) in [6.07, 6.45) is 1.69. The van der Waals surface area contributed by atoms with E-state index in [1.165, 1.54) is 4.63 Å². The van der Waals surface area contributed by atoms with E-state index in [0.29, 0.717) is 19.7 Å². The number of aromatic nitrogens is 1. The number of hydrogen-bond donors (Lipinski definition) is 1. The van der Waals surface area contributed by atoms with Crippen LogP contribution in [0, 0.1) is 5.92 Å². The van der Waals surface area contributed by atoms with Gasteiger partial charge in [-0.1, -0.05) is 50.0 Å². The molecule has 0 spiro atoms. The maximum Gasteiger partial charge on any atom is 0.410 e. The van der Waals surface area contributed by atoms with Crippen molar-refractivity contribution in [1.82, 2.24) is 15.4 Å². The van der Waals surface area contributed by atoms with E-state index in [1.807, 2.05) is 36.5 Å². The third-order valence-electron chi connectivity index (χ3n) is 5.17. The average molecular weight is 404 g/mol. The number of nitrogens with one attached hydrogen (secondary N) is 1. The average Bonchev–Trinajstić information content (AvgIpc) is 3.33. The molecule has 0 bridgehead atoms. The highest BCUT2D eigenvalue weighted by Crippen LogP contribution is 2.42. The van der Waals surface area contributed by atoms with Crippen molar-refractivity contribution in [3.63, 3.8) is 0 Å². The van der Waals surface area contributed by atoms with Gasteiger partial charge in [-0.15, -0.1) is 11.3 Å². The van der Waals surface area contributed by atoms with Crippen LogP contribution >= 0.6 is 11.3 Å². The summed E-state index contributed by atoms with van der Waals surface area (Å²) < 4.78 is 6.76. The molecule has 1 aromatic carbocycles. The van der Waals surface area contributed by atoms with Crippen LogP contribution in [0.25, 0.3) is 0 Å². The Bertz CT molecular complexity index is 823. The molecule has 2 aromatic rings. The largest absolute Gasteiger partial charge is 0.445 e. The summed E-state index contributed by atoms with van der Waals surface area (Å²) in [6, 6.07) is 9.75. The summed E-state index contributed by atoms with van der Waals surface area (Å²) >= 11 is 1.76. The second-order valence-corrected chi connectivity index (χ2v) is 14.6. The third-order valence-corrected chi connectivity index (χ3v) is 9.71. The number of rotatable bonds is 4. The molecule has 4 rings (SSSR count). The minimum Gasteiger partial charge on any atom is -0.445 e. The lowest BCUT2D eigenvalue weighted by Crippen LogP contribution is -2.43. The van der Waals surface area contributed by atoms with Gasteiger partial charge in [-0.25, -0.2) is 4.79 Å². The first-order chi connectivity index (χ1) is 12.9. The van der Waals surface area contributed by atoms with Crippen LogP contribution in [0.5, 0.6) is 0 Å². The maximum atomic E-state index is 12.6. The Labute approximate surface area is 164 Å². The molecule has 0 radical (unpaired) electrons. The molecule has 27 heavy (non-hydrogen) atoms. The first kappa shape index (κ1) is 18.6. The zero-order valence-corrected chi connectivity index (χ0v) is 17.7. The van der Waals surface area contributed by atoms with E-state index >= 15 is 0 Å². The van der Waals surface area contributed by atoms with E-state index in [-0.39, 0.29) is 24.2 Å². The van der Waals surface area contributed by atoms with Crippen molar-refractivity contribution in [1.29, 1.82) is 0 Å². The van der Waals surface area contributed by atoms with Gasteiger partial charge in [0.05, 0.1) is 11.2 Å². The monoisotopic (exact) mass is 403 g/mol. The van der Waals surface area contributed by atoms with Crippen molar-refractivity contribution < 1.29 is 14.4 Å². The summed E-state index contributed by atoms with van der Waals surface area (Å²) in [5.74, 6) is 0.205. The predicted octanol–water partition coefficient (Wildman–Crippen LogP) is 2.69. The molecule has 144 valence electrons. The lowest BCUT2D eigenvalue weighted by molar-refractivity contribution is 0.0433. The zero-order chi connectivity index (χ0) is 19.1. The van der Waals surface area contributed by atoms with Crippen molar-refractivity contribution in [2.24, 2.45) is 5.92 Å². The van der Waals surface area contributed by atoms with Crippen LogP contribution in [0.3, 0.4) is 0 Å². The molecule has 0 saturated carbocycles. The zero-order valence-electron chi connectivity index (χ0n) is 15.9. The van der Waals surface area contributed by atoms with E-state index in [0.717, 1.165) is 10.4 Å². The molecule has 2 aliphatic rings. The fourth-order valence-corrected chi connectivity index (χ4v) is 6.48. The number of fused-ring (bicyclic) bond motifs is 1. The van der Waals surface area contributed by atoms with Gasteiger partial charge in [0.2, 0.25) is 0 Å². The molecule has 2 fully saturated rings. The van der Waals surface area contributed by atoms with Gasteiger partial charge in [0.15, 0.2) is 0 Å². The van der Waals surface area contributed by atoms with E-state index in [9.17, 15) is 4.79 Å². The van der Waals surface area contributed by atoms with E-state index in [2.05, 4.69) is 30.1 Å². The van der Waals surface area contributed by atoms with Gasteiger partial charge in [-0.05, 0) is 5.56 Å². The highest BCUT2D eigenvalue weighted by atomic mass is 32.1. The summed E-state index contributed by atoms with van der Waals surface area (Å²) in [5, 5.41) is 0. The number of ether oxygens (including phenoxy) is 1. The molecule has 2 atom stereocenters. The standard InChI is InChI=1S/C19H25N3O3SSi/c1-27(2,3)17-20-9-16(26-17)19-13-22(10-15(19)12-25-21-19)18(23)24-11-14-7-5-4-6-8-14/h4-9,15,21H,10-13H2,1-3H3/t15-,19-/m0/s1. The fraction of sp³-hybridized carbons (Fsp3) is 0.474. The SMILES string of the molecule is C[Si](C)(C)c1ncc([C@]23CN(C(=O)OCc4ccccc4)C[C@H]2CON3)s1. The van der Waals surface area contributed by atoms with Gasteiger partial charge in [0.1, 0.15) is 20.2 Å². The van der Waals surface area contributed by atoms with Crippen molar-refractivity contribution >= 4 is 30.1 Å². The fourth-order valence-electron chi connectivity index (χ4n) is 3.60. The Kier molecular flexibility index (Phi) is 4.83. The molecule has 0 aliphatic carbocycles. The van der Waals surface area contributed by atoms with Crippen molar-refractivity contribution in [3.05, 3.63) is 47.0 Å². The number of benzene rings is 1. The number of carbonyl (C=O) groups is 1. The number of thiazole rings is 1. The number of likely N-dealkylation sites (tertiary alicyclic amines) is 1. The van der Waals surface area contributed by atoms with E-state index < -0.39 is 8.07 Å². The van der Waals surface area contributed by atoms with Crippen LogP contribution < -0.4 is 10.1 Å². The molecule has 1 aromatic heterocycles. The predicted molar refractivity (Wildman–Crippen MR) is 108 cm³/mol. The van der Waals surface area contributed by atoms with Crippen LogP contribution in [-0.4, -0.2) is 43.7 Å². The molecule has 8 heteroatoms. The van der Waals surface area contributed by atoms with E-state index in [4.69, 9.17) is 9.57 Å². The number of carbonyl (C=O) groups excluding carboxylic acids is 1. The second kappa shape index (κ2) is 7.01. The Balaban J connectivity index is 1.48. The first-order valence-electron chi connectivity index (χ1n) is 9.20. The molecule has 2 aliphatic heterocycles. The number of nitrogens with zero attached hydrogens (tertiary/aromatic N) is 2. The van der Waals surface area contributed by atoms with E-state index in [1.54, 1.807) is 16.2 Å². The molecule has 2 saturated heterocycles. The van der Waals surface area contributed by atoms with Gasteiger partial charge in [-0.2, -0.15) is 5.48 Å². The highest BCUT2D eigenvalue weighted by molar-refractivity contribution is 7.25. The summed E-state index contributed by atoms with van der Waals surface area (Å²) in [6.45, 7) is 8.93. The normalized spacial score (nSPS) is 24.9. The van der Waals surface area contributed by atoms with Crippen molar-refractivity contribution in [3.8, 4) is 0 Å². The van der Waals surface area contributed by atoms with Gasteiger partial charge >= 0.3 is 6.09 Å². The molecule has 1 N–H and O–H groups in total. The first-order valence-corrected chi connectivity index (χ1v) is 13.5. The second-order valence-electron chi connectivity index (χ2n) is 8.28. The number of amides is 1. The van der Waals surface area contributed by atoms with Crippen LogP contribution in [0.4, 0.5) is 4.79 Å². The summed E-state index contributed by atoms with van der Waals surface area (Å²) in [4.78, 5) is 25.8. The van der Waals surface area contributed by atoms with Gasteiger partial charge in [0, 0.05) is 30.1 Å². The smallest absolute Gasteiger partial charge is 0.410 e. The van der Waals surface area contributed by atoms with Gasteiger partial charge in [-0.3, -0.25) is 4.98 Å². The molecule has 0 unspecified atom stereocenters. The minimum absolute atomic E-state index is 0.205. The Morgan fingerprint density at radius 2 is 2.19 bits per heavy atom. The highest BCUT2D eigenvalue weighted by Gasteiger charge is 2.55. The molecule has 3 heterocycles. The third kappa shape index (κ3) is 3.54. The lowest BCUT2D eigenvalue weighted by atomic mass is 9.88. The number of hydroxylamine groups is 1. The Hall–Kier alpha value is -1.74.